The molecule has 0 bridgehead atoms. The van der Waals surface area contributed by atoms with Gasteiger partial charge in [-0.05, 0) is 32.0 Å². The standard InChI is InChI=1S/C17H22FN5OS/c1-3-19-17(20-8-7-16-21-10-12(2)25-16)22-11-15(24)23-14-6-4-5-13(18)9-14/h4-6,9-10H,3,7-8,11H2,1-2H3,(H,23,24)(H2,19,20,22). The van der Waals surface area contributed by atoms with Crippen molar-refractivity contribution in [3.05, 3.63) is 46.2 Å². The molecule has 1 aromatic carbocycles. The summed E-state index contributed by atoms with van der Waals surface area (Å²) >= 11 is 1.67. The van der Waals surface area contributed by atoms with Crippen LogP contribution in [0.15, 0.2) is 35.5 Å². The Kier molecular flexibility index (Phi) is 7.34. The summed E-state index contributed by atoms with van der Waals surface area (Å²) in [7, 11) is 0. The van der Waals surface area contributed by atoms with E-state index >= 15 is 0 Å². The van der Waals surface area contributed by atoms with Crippen LogP contribution in [0.3, 0.4) is 0 Å². The predicted molar refractivity (Wildman–Crippen MR) is 99.6 cm³/mol. The van der Waals surface area contributed by atoms with E-state index in [9.17, 15) is 9.18 Å². The number of hydrogen-bond donors (Lipinski definition) is 3. The quantitative estimate of drug-likeness (QED) is 0.521. The number of nitrogens with one attached hydrogen (secondary N) is 3. The van der Waals surface area contributed by atoms with E-state index in [0.29, 0.717) is 24.7 Å². The lowest BCUT2D eigenvalue weighted by Gasteiger charge is -2.10. The molecule has 2 rings (SSSR count). The Morgan fingerprint density at radius 3 is 2.88 bits per heavy atom. The summed E-state index contributed by atoms with van der Waals surface area (Å²) < 4.78 is 13.1. The number of amides is 1. The van der Waals surface area contributed by atoms with Crippen molar-refractivity contribution in [1.29, 1.82) is 0 Å². The molecule has 6 nitrogen and oxygen atoms in total. The summed E-state index contributed by atoms with van der Waals surface area (Å²) in [4.78, 5) is 21.7. The van der Waals surface area contributed by atoms with Crippen LogP contribution in [0.1, 0.15) is 16.8 Å². The smallest absolute Gasteiger partial charge is 0.246 e. The molecule has 0 aliphatic carbocycles. The van der Waals surface area contributed by atoms with Crippen LogP contribution >= 0.6 is 11.3 Å². The van der Waals surface area contributed by atoms with Crippen molar-refractivity contribution >= 4 is 28.9 Å². The zero-order valence-corrected chi connectivity index (χ0v) is 15.1. The molecule has 0 aliphatic rings. The zero-order chi connectivity index (χ0) is 18.1. The molecular formula is C17H22FN5OS. The van der Waals surface area contributed by atoms with Crippen LogP contribution in [0.2, 0.25) is 0 Å². The molecule has 1 aromatic heterocycles. The second kappa shape index (κ2) is 9.73. The summed E-state index contributed by atoms with van der Waals surface area (Å²) in [6.07, 6.45) is 2.65. The van der Waals surface area contributed by atoms with Crippen molar-refractivity contribution in [3.63, 3.8) is 0 Å². The van der Waals surface area contributed by atoms with Gasteiger partial charge in [0.25, 0.3) is 0 Å². The van der Waals surface area contributed by atoms with Crippen LogP contribution in [0.25, 0.3) is 0 Å². The van der Waals surface area contributed by atoms with Gasteiger partial charge in [0.2, 0.25) is 5.91 Å². The second-order valence-electron chi connectivity index (χ2n) is 5.30. The van der Waals surface area contributed by atoms with E-state index in [2.05, 4.69) is 25.9 Å². The summed E-state index contributed by atoms with van der Waals surface area (Å²) in [5.41, 5.74) is 0.414. The third-order valence-corrected chi connectivity index (χ3v) is 4.11. The van der Waals surface area contributed by atoms with Crippen molar-refractivity contribution in [1.82, 2.24) is 15.6 Å². The van der Waals surface area contributed by atoms with E-state index in [1.807, 2.05) is 20.0 Å². The first-order valence-electron chi connectivity index (χ1n) is 8.05. The summed E-state index contributed by atoms with van der Waals surface area (Å²) in [5.74, 6) is -0.141. The normalized spacial score (nSPS) is 11.2. The molecule has 0 radical (unpaired) electrons. The summed E-state index contributed by atoms with van der Waals surface area (Å²) in [6.45, 7) is 5.28. The highest BCUT2D eigenvalue weighted by atomic mass is 32.1. The van der Waals surface area contributed by atoms with Gasteiger partial charge in [0.1, 0.15) is 12.4 Å². The average Bonchev–Trinajstić information content (AvgIpc) is 2.98. The Morgan fingerprint density at radius 2 is 2.20 bits per heavy atom. The maximum Gasteiger partial charge on any atom is 0.246 e. The topological polar surface area (TPSA) is 78.4 Å². The van der Waals surface area contributed by atoms with E-state index in [-0.39, 0.29) is 12.5 Å². The number of carbonyl (C=O) groups excluding carboxylic acids is 1. The molecule has 25 heavy (non-hydrogen) atoms. The van der Waals surface area contributed by atoms with E-state index in [4.69, 9.17) is 0 Å². The van der Waals surface area contributed by atoms with Crippen molar-refractivity contribution in [3.8, 4) is 0 Å². The maximum atomic E-state index is 13.1. The minimum atomic E-state index is -0.395. The Labute approximate surface area is 150 Å². The minimum absolute atomic E-state index is 0.0534. The SMILES string of the molecule is CCNC(=NCC(=O)Nc1cccc(F)c1)NCCc1ncc(C)s1. The Bertz CT molecular complexity index is 731. The van der Waals surface area contributed by atoms with Crippen LogP contribution in [-0.4, -0.2) is 36.5 Å². The molecule has 0 saturated heterocycles. The Morgan fingerprint density at radius 1 is 1.36 bits per heavy atom. The van der Waals surface area contributed by atoms with Crippen molar-refractivity contribution in [2.24, 2.45) is 4.99 Å². The molecular weight excluding hydrogens is 341 g/mol. The van der Waals surface area contributed by atoms with Crippen LogP contribution in [0.4, 0.5) is 10.1 Å². The number of benzene rings is 1. The third kappa shape index (κ3) is 6.88. The molecule has 3 N–H and O–H groups in total. The van der Waals surface area contributed by atoms with E-state index in [1.54, 1.807) is 23.5 Å². The van der Waals surface area contributed by atoms with Crippen molar-refractivity contribution in [2.45, 2.75) is 20.3 Å². The van der Waals surface area contributed by atoms with Gasteiger partial charge < -0.3 is 16.0 Å². The average molecular weight is 363 g/mol. The van der Waals surface area contributed by atoms with Crippen LogP contribution in [-0.2, 0) is 11.2 Å². The monoisotopic (exact) mass is 363 g/mol. The number of hydrogen-bond acceptors (Lipinski definition) is 4. The molecule has 0 atom stereocenters. The summed E-state index contributed by atoms with van der Waals surface area (Å²) in [6, 6.07) is 5.76. The number of aryl methyl sites for hydroxylation is 1. The molecule has 2 aromatic rings. The molecule has 0 fully saturated rings. The highest BCUT2D eigenvalue weighted by Crippen LogP contribution is 2.11. The van der Waals surface area contributed by atoms with Gasteiger partial charge in [0.05, 0.1) is 5.01 Å². The number of guanidine groups is 1. The van der Waals surface area contributed by atoms with Crippen molar-refractivity contribution in [2.75, 3.05) is 25.0 Å². The minimum Gasteiger partial charge on any atom is -0.357 e. The Hall–Kier alpha value is -2.48. The number of nitrogens with zero attached hydrogens (tertiary/aromatic N) is 2. The van der Waals surface area contributed by atoms with Crippen LogP contribution < -0.4 is 16.0 Å². The molecule has 0 saturated carbocycles. The fraction of sp³-hybridized carbons (Fsp3) is 0.353. The molecule has 1 amide bonds. The van der Waals surface area contributed by atoms with Gasteiger partial charge in [-0.25, -0.2) is 14.4 Å². The molecule has 0 spiro atoms. The first kappa shape index (κ1) is 18.9. The molecule has 134 valence electrons. The fourth-order valence-electron chi connectivity index (χ4n) is 2.06. The number of anilines is 1. The lowest BCUT2D eigenvalue weighted by atomic mass is 10.3. The maximum absolute atomic E-state index is 13.1. The van der Waals surface area contributed by atoms with E-state index < -0.39 is 5.82 Å². The lowest BCUT2D eigenvalue weighted by molar-refractivity contribution is -0.114. The fourth-order valence-corrected chi connectivity index (χ4v) is 2.85. The Balaban J connectivity index is 1.82. The number of halogens is 1. The number of aromatic nitrogens is 1. The van der Waals surface area contributed by atoms with Gasteiger partial charge in [-0.2, -0.15) is 0 Å². The van der Waals surface area contributed by atoms with Gasteiger partial charge in [-0.3, -0.25) is 4.79 Å². The molecule has 1 heterocycles. The van der Waals surface area contributed by atoms with Gasteiger partial charge >= 0.3 is 0 Å². The zero-order valence-electron chi connectivity index (χ0n) is 14.3. The van der Waals surface area contributed by atoms with Crippen LogP contribution in [0, 0.1) is 12.7 Å². The number of carbonyl (C=O) groups is 1. The summed E-state index contributed by atoms with van der Waals surface area (Å²) in [5, 5.41) is 9.93. The number of aliphatic imine (C=N–C) groups is 1. The molecule has 8 heteroatoms. The van der Waals surface area contributed by atoms with Gasteiger partial charge in [-0.15, -0.1) is 11.3 Å². The molecule has 0 aliphatic heterocycles. The van der Waals surface area contributed by atoms with Gasteiger partial charge in [-0.1, -0.05) is 6.07 Å². The van der Waals surface area contributed by atoms with Gasteiger partial charge in [0, 0.05) is 36.3 Å². The first-order valence-corrected chi connectivity index (χ1v) is 8.87. The largest absolute Gasteiger partial charge is 0.357 e. The number of rotatable bonds is 7. The van der Waals surface area contributed by atoms with Gasteiger partial charge in [0.15, 0.2) is 5.96 Å². The predicted octanol–water partition coefficient (Wildman–Crippen LogP) is 2.33. The number of thiazole rings is 1. The molecule has 0 unspecified atom stereocenters. The highest BCUT2D eigenvalue weighted by molar-refractivity contribution is 7.11. The first-order chi connectivity index (χ1) is 12.1. The second-order valence-corrected chi connectivity index (χ2v) is 6.61. The third-order valence-electron chi connectivity index (χ3n) is 3.13. The van der Waals surface area contributed by atoms with Crippen LogP contribution in [0.5, 0.6) is 0 Å². The highest BCUT2D eigenvalue weighted by Gasteiger charge is 2.05. The van der Waals surface area contributed by atoms with E-state index in [1.165, 1.54) is 17.0 Å². The lowest BCUT2D eigenvalue weighted by Crippen LogP contribution is -2.39. The van der Waals surface area contributed by atoms with Crippen molar-refractivity contribution < 1.29 is 9.18 Å². The van der Waals surface area contributed by atoms with E-state index in [0.717, 1.165) is 11.4 Å².